The number of amides is 1. The molecule has 2 aliphatic carbocycles. The summed E-state index contributed by atoms with van der Waals surface area (Å²) in [5.41, 5.74) is 2.01. The van der Waals surface area contributed by atoms with Crippen molar-refractivity contribution in [3.05, 3.63) is 36.1 Å². The number of hydrogen-bond acceptors (Lipinski definition) is 4. The maximum Gasteiger partial charge on any atom is 0.248 e. The maximum atomic E-state index is 12.9. The number of imidazole rings is 1. The molecule has 1 saturated carbocycles. The van der Waals surface area contributed by atoms with E-state index in [9.17, 15) is 13.6 Å². The van der Waals surface area contributed by atoms with Gasteiger partial charge in [0.1, 0.15) is 17.3 Å². The van der Waals surface area contributed by atoms with Crippen molar-refractivity contribution in [2.75, 3.05) is 5.32 Å². The second-order valence-corrected chi connectivity index (χ2v) is 6.26. The van der Waals surface area contributed by atoms with Crippen molar-refractivity contribution in [1.29, 1.82) is 5.26 Å². The number of alkyl halides is 2. The van der Waals surface area contributed by atoms with Crippen LogP contribution in [0.2, 0.25) is 0 Å². The number of hydrogen-bond donors (Lipinski definition) is 1. The third kappa shape index (κ3) is 2.78. The summed E-state index contributed by atoms with van der Waals surface area (Å²) in [7, 11) is 0. The summed E-state index contributed by atoms with van der Waals surface area (Å²) < 4.78 is 27.4. The average Bonchev–Trinajstić information content (AvgIpc) is 2.81. The van der Waals surface area contributed by atoms with Gasteiger partial charge < -0.3 is 0 Å². The third-order valence-corrected chi connectivity index (χ3v) is 4.31. The van der Waals surface area contributed by atoms with Crippen LogP contribution in [0.5, 0.6) is 0 Å². The van der Waals surface area contributed by atoms with Gasteiger partial charge in [0.15, 0.2) is 5.65 Å². The van der Waals surface area contributed by atoms with Crippen molar-refractivity contribution in [2.24, 2.45) is 5.92 Å². The van der Waals surface area contributed by atoms with Crippen molar-refractivity contribution < 1.29 is 13.6 Å². The minimum Gasteiger partial charge on any atom is -0.296 e. The summed E-state index contributed by atoms with van der Waals surface area (Å²) in [5.74, 6) is -3.04. The van der Waals surface area contributed by atoms with Crippen LogP contribution in [0.15, 0.2) is 30.4 Å². The summed E-state index contributed by atoms with van der Waals surface area (Å²) in [6.07, 6.45) is 5.01. The molecule has 0 aromatic carbocycles. The number of carbonyl (C=O) groups excluding carboxylic acids is 1. The topological polar surface area (TPSA) is 83.6 Å². The lowest BCUT2D eigenvalue weighted by Gasteiger charge is -2.34. The van der Waals surface area contributed by atoms with Gasteiger partial charge in [-0.1, -0.05) is 6.08 Å². The van der Waals surface area contributed by atoms with Gasteiger partial charge in [-0.3, -0.25) is 14.7 Å². The van der Waals surface area contributed by atoms with Gasteiger partial charge in [-0.25, -0.2) is 18.7 Å². The van der Waals surface area contributed by atoms with Crippen molar-refractivity contribution >= 4 is 28.7 Å². The van der Waals surface area contributed by atoms with Crippen molar-refractivity contribution in [2.45, 2.75) is 25.2 Å². The van der Waals surface area contributed by atoms with Crippen molar-refractivity contribution in [1.82, 2.24) is 14.5 Å². The van der Waals surface area contributed by atoms with Crippen molar-refractivity contribution in [3.63, 3.8) is 0 Å². The zero-order valence-corrected chi connectivity index (χ0v) is 13.0. The second kappa shape index (κ2) is 5.48. The van der Waals surface area contributed by atoms with E-state index in [1.54, 1.807) is 16.7 Å². The van der Waals surface area contributed by atoms with Gasteiger partial charge in [0, 0.05) is 19.3 Å². The first-order valence-corrected chi connectivity index (χ1v) is 7.81. The lowest BCUT2D eigenvalue weighted by molar-refractivity contribution is -0.129. The van der Waals surface area contributed by atoms with E-state index in [0.717, 1.165) is 5.70 Å². The summed E-state index contributed by atoms with van der Waals surface area (Å²) in [6, 6.07) is 5.18. The highest BCUT2D eigenvalue weighted by Crippen LogP contribution is 2.44. The number of aromatic nitrogens is 3. The summed E-state index contributed by atoms with van der Waals surface area (Å²) >= 11 is 0. The molecule has 0 bridgehead atoms. The number of nitriles is 1. The summed E-state index contributed by atoms with van der Waals surface area (Å²) in [5, 5.41) is 11.7. The maximum absolute atomic E-state index is 12.9. The van der Waals surface area contributed by atoms with Crippen LogP contribution in [0.4, 0.5) is 14.7 Å². The number of fused-ring (bicyclic) bond motifs is 1. The van der Waals surface area contributed by atoms with Gasteiger partial charge in [0.25, 0.3) is 0 Å². The molecule has 2 aliphatic rings. The Hall–Kier alpha value is -3.08. The fourth-order valence-electron chi connectivity index (χ4n) is 3.05. The average molecular weight is 341 g/mol. The quantitative estimate of drug-likeness (QED) is 0.926. The number of rotatable bonds is 4. The molecule has 4 rings (SSSR count). The van der Waals surface area contributed by atoms with Crippen LogP contribution < -0.4 is 5.32 Å². The number of allylic oxidation sites excluding steroid dienone is 4. The highest BCUT2D eigenvalue weighted by Gasteiger charge is 2.45. The SMILES string of the molecule is N#Cc1ccc2nc(NC(=O)CC3CC(F)(F)C3)n(C3=CC=C3)c2n1. The molecule has 0 spiro atoms. The molecule has 1 N–H and O–H groups in total. The highest BCUT2D eigenvalue weighted by atomic mass is 19.3. The molecule has 0 aliphatic heterocycles. The van der Waals surface area contributed by atoms with Crippen LogP contribution in [0.25, 0.3) is 16.9 Å². The molecular weight excluding hydrogens is 328 g/mol. The number of halogens is 2. The van der Waals surface area contributed by atoms with E-state index in [4.69, 9.17) is 5.26 Å². The normalized spacial score (nSPS) is 18.2. The van der Waals surface area contributed by atoms with E-state index >= 15 is 0 Å². The molecule has 1 fully saturated rings. The Morgan fingerprint density at radius 1 is 1.40 bits per heavy atom. The van der Waals surface area contributed by atoms with Crippen LogP contribution in [-0.2, 0) is 4.79 Å². The Labute approximate surface area is 141 Å². The third-order valence-electron chi connectivity index (χ3n) is 4.31. The Morgan fingerprint density at radius 2 is 2.16 bits per heavy atom. The van der Waals surface area contributed by atoms with Crippen LogP contribution in [-0.4, -0.2) is 26.4 Å². The van der Waals surface area contributed by atoms with Crippen LogP contribution in [0, 0.1) is 17.2 Å². The van der Waals surface area contributed by atoms with E-state index < -0.39 is 5.92 Å². The Morgan fingerprint density at radius 3 is 2.76 bits per heavy atom. The summed E-state index contributed by atoms with van der Waals surface area (Å²) in [6.45, 7) is 0. The molecule has 25 heavy (non-hydrogen) atoms. The molecule has 0 atom stereocenters. The molecule has 1 amide bonds. The highest BCUT2D eigenvalue weighted by molar-refractivity contribution is 5.93. The van der Waals surface area contributed by atoms with Crippen LogP contribution in [0.3, 0.4) is 0 Å². The number of carbonyl (C=O) groups is 1. The zero-order chi connectivity index (χ0) is 17.6. The van der Waals surface area contributed by atoms with Crippen LogP contribution >= 0.6 is 0 Å². The van der Waals surface area contributed by atoms with E-state index in [2.05, 4.69) is 15.3 Å². The van der Waals surface area contributed by atoms with Crippen LogP contribution in [0.1, 0.15) is 25.0 Å². The Balaban J connectivity index is 1.60. The van der Waals surface area contributed by atoms with Gasteiger partial charge in [0.05, 0.1) is 5.70 Å². The first-order valence-electron chi connectivity index (χ1n) is 7.81. The lowest BCUT2D eigenvalue weighted by atomic mass is 9.79. The molecule has 0 saturated heterocycles. The number of nitrogens with one attached hydrogen (secondary N) is 1. The smallest absolute Gasteiger partial charge is 0.248 e. The first-order chi connectivity index (χ1) is 11.9. The predicted molar refractivity (Wildman–Crippen MR) is 86.6 cm³/mol. The fourth-order valence-corrected chi connectivity index (χ4v) is 3.05. The number of anilines is 1. The van der Waals surface area contributed by atoms with Gasteiger partial charge in [0.2, 0.25) is 17.8 Å². The molecule has 8 heteroatoms. The van der Waals surface area contributed by atoms with Gasteiger partial charge in [-0.05, 0) is 30.2 Å². The van der Waals surface area contributed by atoms with E-state index in [0.29, 0.717) is 11.2 Å². The van der Waals surface area contributed by atoms with E-state index in [-0.39, 0.29) is 42.7 Å². The Bertz CT molecular complexity index is 975. The first kappa shape index (κ1) is 15.4. The van der Waals surface area contributed by atoms with Crippen molar-refractivity contribution in [3.8, 4) is 6.07 Å². The largest absolute Gasteiger partial charge is 0.296 e. The molecule has 2 aromatic heterocycles. The second-order valence-electron chi connectivity index (χ2n) is 6.26. The van der Waals surface area contributed by atoms with E-state index in [1.807, 2.05) is 24.3 Å². The molecule has 0 radical (unpaired) electrons. The minimum atomic E-state index is -2.64. The zero-order valence-electron chi connectivity index (χ0n) is 13.0. The number of nitrogens with zero attached hydrogens (tertiary/aromatic N) is 4. The number of pyridine rings is 1. The van der Waals surface area contributed by atoms with Gasteiger partial charge in [-0.15, -0.1) is 0 Å². The molecule has 0 unspecified atom stereocenters. The Kier molecular flexibility index (Phi) is 3.39. The predicted octanol–water partition coefficient (Wildman–Crippen LogP) is 3.09. The standard InChI is InChI=1S/C17H13F2N5O/c18-17(19)7-10(8-17)6-14(25)23-16-22-13-5-4-11(9-20)21-15(13)24(16)12-2-1-3-12/h1-5,10H,6-8H2,(H,22,23,25). The minimum absolute atomic E-state index is 0.0323. The summed E-state index contributed by atoms with van der Waals surface area (Å²) in [4.78, 5) is 20.8. The van der Waals surface area contributed by atoms with E-state index in [1.165, 1.54) is 0 Å². The fraction of sp³-hybridized carbons (Fsp3) is 0.294. The molecular formula is C17H13F2N5O. The molecule has 2 aromatic rings. The monoisotopic (exact) mass is 341 g/mol. The lowest BCUT2D eigenvalue weighted by Crippen LogP contribution is -2.37. The molecule has 6 nitrogen and oxygen atoms in total. The van der Waals surface area contributed by atoms with Gasteiger partial charge >= 0.3 is 0 Å². The molecule has 2 heterocycles. The molecule has 126 valence electrons. The van der Waals surface area contributed by atoms with Gasteiger partial charge in [-0.2, -0.15) is 5.26 Å².